The summed E-state index contributed by atoms with van der Waals surface area (Å²) in [7, 11) is 0. The molecule has 4 heteroatoms. The number of anilines is 1. The molecule has 0 aliphatic rings. The predicted molar refractivity (Wildman–Crippen MR) is 84.7 cm³/mol. The van der Waals surface area contributed by atoms with Gasteiger partial charge in [-0.05, 0) is 42.7 Å². The van der Waals surface area contributed by atoms with Gasteiger partial charge >= 0.3 is 0 Å². The molecule has 2 rings (SSSR count). The van der Waals surface area contributed by atoms with E-state index in [9.17, 15) is 0 Å². The molecule has 0 amide bonds. The Hall–Kier alpha value is -0.890. The van der Waals surface area contributed by atoms with Crippen molar-refractivity contribution in [3.8, 4) is 0 Å². The van der Waals surface area contributed by atoms with Gasteiger partial charge in [0.2, 0.25) is 0 Å². The van der Waals surface area contributed by atoms with Crippen LogP contribution in [0.5, 0.6) is 0 Å². The van der Waals surface area contributed by atoms with Crippen molar-refractivity contribution in [2.45, 2.75) is 20.4 Å². The second kappa shape index (κ2) is 6.04. The first-order valence-corrected chi connectivity index (χ1v) is 7.05. The molecule has 2 aromatic rings. The van der Waals surface area contributed by atoms with E-state index in [1.807, 2.05) is 0 Å². The van der Waals surface area contributed by atoms with Crippen LogP contribution < -0.4 is 5.32 Å². The highest BCUT2D eigenvalue weighted by molar-refractivity contribution is 6.44. The van der Waals surface area contributed by atoms with Crippen molar-refractivity contribution in [1.82, 2.24) is 0 Å². The highest BCUT2D eigenvalue weighted by atomic mass is 35.5. The Kier molecular flexibility index (Phi) is 4.62. The minimum Gasteiger partial charge on any atom is -0.380 e. The van der Waals surface area contributed by atoms with Crippen molar-refractivity contribution in [3.05, 3.63) is 62.1 Å². The molecule has 0 aliphatic carbocycles. The van der Waals surface area contributed by atoms with E-state index < -0.39 is 0 Å². The lowest BCUT2D eigenvalue weighted by atomic mass is 10.1. The normalized spacial score (nSPS) is 10.6. The number of aryl methyl sites for hydroxylation is 2. The van der Waals surface area contributed by atoms with Crippen LogP contribution in [0.15, 0.2) is 30.3 Å². The molecule has 19 heavy (non-hydrogen) atoms. The van der Waals surface area contributed by atoms with Crippen LogP contribution in [0, 0.1) is 13.8 Å². The van der Waals surface area contributed by atoms with Gasteiger partial charge in [0.25, 0.3) is 0 Å². The van der Waals surface area contributed by atoms with Gasteiger partial charge in [0, 0.05) is 6.54 Å². The van der Waals surface area contributed by atoms with E-state index in [1.165, 1.54) is 16.7 Å². The predicted octanol–water partition coefficient (Wildman–Crippen LogP) is 5.88. The monoisotopic (exact) mass is 313 g/mol. The molecule has 0 fully saturated rings. The van der Waals surface area contributed by atoms with Crippen molar-refractivity contribution < 1.29 is 0 Å². The van der Waals surface area contributed by atoms with Crippen molar-refractivity contribution in [1.29, 1.82) is 0 Å². The second-order valence-electron chi connectivity index (χ2n) is 4.52. The molecule has 0 saturated carbocycles. The largest absolute Gasteiger partial charge is 0.380 e. The fourth-order valence-corrected chi connectivity index (χ4v) is 2.38. The van der Waals surface area contributed by atoms with Gasteiger partial charge in [0.1, 0.15) is 0 Å². The molecule has 1 nitrogen and oxygen atoms in total. The average Bonchev–Trinajstić information content (AvgIpc) is 2.36. The van der Waals surface area contributed by atoms with E-state index in [-0.39, 0.29) is 0 Å². The molecule has 0 aromatic heterocycles. The number of halogens is 3. The van der Waals surface area contributed by atoms with Crippen LogP contribution in [0.4, 0.5) is 5.69 Å². The lowest BCUT2D eigenvalue weighted by molar-refractivity contribution is 1.13. The van der Waals surface area contributed by atoms with Gasteiger partial charge in [-0.1, -0.05) is 53.0 Å². The highest BCUT2D eigenvalue weighted by Crippen LogP contribution is 2.32. The van der Waals surface area contributed by atoms with E-state index in [4.69, 9.17) is 34.8 Å². The zero-order chi connectivity index (χ0) is 14.0. The summed E-state index contributed by atoms with van der Waals surface area (Å²) in [5.41, 5.74) is 4.55. The lowest BCUT2D eigenvalue weighted by Crippen LogP contribution is -2.00. The van der Waals surface area contributed by atoms with Crippen LogP contribution in [0.3, 0.4) is 0 Å². The van der Waals surface area contributed by atoms with E-state index >= 15 is 0 Å². The quantitative estimate of drug-likeness (QED) is 0.698. The van der Waals surface area contributed by atoms with Gasteiger partial charge in [-0.15, -0.1) is 0 Å². The first kappa shape index (κ1) is 14.5. The summed E-state index contributed by atoms with van der Waals surface area (Å²) in [6.45, 7) is 4.89. The topological polar surface area (TPSA) is 12.0 Å². The Morgan fingerprint density at radius 1 is 0.842 bits per heavy atom. The third kappa shape index (κ3) is 3.56. The van der Waals surface area contributed by atoms with E-state index in [0.29, 0.717) is 21.6 Å². The van der Waals surface area contributed by atoms with E-state index in [0.717, 1.165) is 5.69 Å². The van der Waals surface area contributed by atoms with Crippen LogP contribution >= 0.6 is 34.8 Å². The summed E-state index contributed by atoms with van der Waals surface area (Å²) in [6.07, 6.45) is 0. The standard InChI is InChI=1S/C15H14Cl3N/c1-9-3-4-11(5-10(9)2)8-19-15-7-13(17)12(16)6-14(15)18/h3-7,19H,8H2,1-2H3. The maximum absolute atomic E-state index is 6.12. The Bertz CT molecular complexity index is 609. The third-order valence-electron chi connectivity index (χ3n) is 3.06. The molecule has 100 valence electrons. The fourth-order valence-electron chi connectivity index (χ4n) is 1.77. The minimum atomic E-state index is 0.461. The number of hydrogen-bond donors (Lipinski definition) is 1. The van der Waals surface area contributed by atoms with Crippen LogP contribution in [0.1, 0.15) is 16.7 Å². The highest BCUT2D eigenvalue weighted by Gasteiger charge is 2.06. The van der Waals surface area contributed by atoms with Gasteiger partial charge in [-0.3, -0.25) is 0 Å². The first-order chi connectivity index (χ1) is 8.97. The van der Waals surface area contributed by atoms with Crippen LogP contribution in [-0.4, -0.2) is 0 Å². The summed E-state index contributed by atoms with van der Waals surface area (Å²) in [5.74, 6) is 0. The number of nitrogens with one attached hydrogen (secondary N) is 1. The Balaban J connectivity index is 2.14. The molecule has 0 unspecified atom stereocenters. The maximum atomic E-state index is 6.12. The van der Waals surface area contributed by atoms with Crippen LogP contribution in [-0.2, 0) is 6.54 Å². The molecule has 1 N–H and O–H groups in total. The zero-order valence-electron chi connectivity index (χ0n) is 10.7. The summed E-state index contributed by atoms with van der Waals surface area (Å²) < 4.78 is 0. The Morgan fingerprint density at radius 3 is 2.21 bits per heavy atom. The summed E-state index contributed by atoms with van der Waals surface area (Å²) in [6, 6.07) is 9.76. The van der Waals surface area contributed by atoms with Crippen LogP contribution in [0.25, 0.3) is 0 Å². The molecule has 0 heterocycles. The second-order valence-corrected chi connectivity index (χ2v) is 5.74. The lowest BCUT2D eigenvalue weighted by Gasteiger charge is -2.11. The Morgan fingerprint density at radius 2 is 1.53 bits per heavy atom. The summed E-state index contributed by atoms with van der Waals surface area (Å²) in [4.78, 5) is 0. The minimum absolute atomic E-state index is 0.461. The summed E-state index contributed by atoms with van der Waals surface area (Å²) in [5, 5.41) is 4.79. The number of hydrogen-bond acceptors (Lipinski definition) is 1. The molecule has 0 atom stereocenters. The first-order valence-electron chi connectivity index (χ1n) is 5.92. The van der Waals surface area contributed by atoms with Crippen molar-refractivity contribution in [2.24, 2.45) is 0 Å². The van der Waals surface area contributed by atoms with E-state index in [2.05, 4.69) is 37.4 Å². The van der Waals surface area contributed by atoms with Gasteiger partial charge < -0.3 is 5.32 Å². The van der Waals surface area contributed by atoms with Crippen molar-refractivity contribution in [2.75, 3.05) is 5.32 Å². The Labute approximate surface area is 128 Å². The van der Waals surface area contributed by atoms with Gasteiger partial charge in [-0.2, -0.15) is 0 Å². The zero-order valence-corrected chi connectivity index (χ0v) is 13.0. The average molecular weight is 315 g/mol. The molecule has 0 radical (unpaired) electrons. The number of benzene rings is 2. The molecule has 0 aliphatic heterocycles. The molecule has 2 aromatic carbocycles. The van der Waals surface area contributed by atoms with Gasteiger partial charge in [0.05, 0.1) is 20.8 Å². The molecule has 0 saturated heterocycles. The fraction of sp³-hybridized carbons (Fsp3) is 0.200. The van der Waals surface area contributed by atoms with Gasteiger partial charge in [-0.25, -0.2) is 0 Å². The maximum Gasteiger partial charge on any atom is 0.0653 e. The molecule has 0 bridgehead atoms. The third-order valence-corrected chi connectivity index (χ3v) is 4.10. The van der Waals surface area contributed by atoms with Gasteiger partial charge in [0.15, 0.2) is 0 Å². The van der Waals surface area contributed by atoms with E-state index in [1.54, 1.807) is 12.1 Å². The van der Waals surface area contributed by atoms with Crippen molar-refractivity contribution >= 4 is 40.5 Å². The smallest absolute Gasteiger partial charge is 0.0653 e. The van der Waals surface area contributed by atoms with Crippen LogP contribution in [0.2, 0.25) is 15.1 Å². The van der Waals surface area contributed by atoms with Crippen molar-refractivity contribution in [3.63, 3.8) is 0 Å². The molecular formula is C15H14Cl3N. The molecular weight excluding hydrogens is 301 g/mol. The summed E-state index contributed by atoms with van der Waals surface area (Å²) >= 11 is 18.0. The molecule has 0 spiro atoms. The number of rotatable bonds is 3. The SMILES string of the molecule is Cc1ccc(CNc2cc(Cl)c(Cl)cc2Cl)cc1C.